The van der Waals surface area contributed by atoms with Crippen LogP contribution in [-0.4, -0.2) is 51.8 Å². The molecule has 0 aromatic heterocycles. The molecule has 0 bridgehead atoms. The molecule has 6 N–H and O–H groups in total. The Kier molecular flexibility index (Phi) is 11.1. The number of carbonyl (C=O) groups is 2. The first-order chi connectivity index (χ1) is 15.1. The van der Waals surface area contributed by atoms with Crippen LogP contribution >= 0.6 is 0 Å². The Morgan fingerprint density at radius 3 is 1.81 bits per heavy atom. The molecule has 0 unspecified atom stereocenters. The van der Waals surface area contributed by atoms with Gasteiger partial charge in [-0.15, -0.1) is 0 Å². The molecule has 2 aromatic carbocycles. The monoisotopic (exact) mass is 442 g/mol. The predicted octanol–water partition coefficient (Wildman–Crippen LogP) is 2.32. The zero-order valence-electron chi connectivity index (χ0n) is 18.1. The topological polar surface area (TPSA) is 139 Å². The summed E-state index contributed by atoms with van der Waals surface area (Å²) in [6.07, 6.45) is 2.55. The van der Waals surface area contributed by atoms with Crippen LogP contribution in [0.5, 0.6) is 23.0 Å². The van der Waals surface area contributed by atoms with E-state index < -0.39 is 0 Å². The van der Waals surface area contributed by atoms with Gasteiger partial charge >= 0.3 is 0 Å². The molecule has 0 spiro atoms. The van der Waals surface area contributed by atoms with E-state index in [0.717, 1.165) is 11.1 Å². The molecule has 0 saturated heterocycles. The molecular weight excluding hydrogens is 412 g/mol. The first-order valence-electron chi connectivity index (χ1n) is 9.95. The number of carbonyl (C=O) groups excluding carboxylic acids is 2. The Bertz CT molecular complexity index is 954. The van der Waals surface area contributed by atoms with Crippen LogP contribution in [0.3, 0.4) is 0 Å². The maximum absolute atomic E-state index is 11.2. The second-order valence-corrected chi connectivity index (χ2v) is 7.03. The smallest absolute Gasteiger partial charge is 0.246 e. The Labute approximate surface area is 187 Å². The van der Waals surface area contributed by atoms with Crippen molar-refractivity contribution in [1.82, 2.24) is 10.6 Å². The summed E-state index contributed by atoms with van der Waals surface area (Å²) in [6.45, 7) is 9.90. The second kappa shape index (κ2) is 13.5. The van der Waals surface area contributed by atoms with Crippen molar-refractivity contribution >= 4 is 11.7 Å². The van der Waals surface area contributed by atoms with E-state index in [1.165, 1.54) is 30.3 Å². The zero-order valence-corrected chi connectivity index (χ0v) is 18.1. The van der Waals surface area contributed by atoms with Gasteiger partial charge in [0.2, 0.25) is 5.91 Å². The maximum Gasteiger partial charge on any atom is 0.246 e. The van der Waals surface area contributed by atoms with E-state index in [1.807, 2.05) is 0 Å². The van der Waals surface area contributed by atoms with Crippen LogP contribution in [0, 0.1) is 0 Å². The summed E-state index contributed by atoms with van der Waals surface area (Å²) in [7, 11) is 0. The van der Waals surface area contributed by atoms with Gasteiger partial charge in [-0.2, -0.15) is 0 Å². The Morgan fingerprint density at radius 1 is 0.875 bits per heavy atom. The lowest BCUT2D eigenvalue weighted by molar-refractivity contribution is -0.117. The average Bonchev–Trinajstić information content (AvgIpc) is 2.76. The quantitative estimate of drug-likeness (QED) is 0.189. The highest BCUT2D eigenvalue weighted by Crippen LogP contribution is 2.25. The van der Waals surface area contributed by atoms with Gasteiger partial charge in [0.15, 0.2) is 28.8 Å². The van der Waals surface area contributed by atoms with E-state index in [2.05, 4.69) is 23.8 Å². The van der Waals surface area contributed by atoms with Gasteiger partial charge in [0.05, 0.1) is 6.54 Å². The van der Waals surface area contributed by atoms with Crippen LogP contribution in [-0.2, 0) is 22.4 Å². The minimum Gasteiger partial charge on any atom is -0.504 e. The van der Waals surface area contributed by atoms with Crippen molar-refractivity contribution in [2.75, 3.05) is 19.6 Å². The molecule has 1 amide bonds. The highest BCUT2D eigenvalue weighted by molar-refractivity contribution is 5.92. The molecule has 0 atom stereocenters. The SMILES string of the molecule is C=C(C)C(=O)NCCc1ccc(O)c(O)c1.C=CC(=O)CNCCc1ccc(O)c(O)c1. The number of phenolic OH excluding ortho intramolecular Hbond substituents is 4. The fourth-order valence-electron chi connectivity index (χ4n) is 2.44. The van der Waals surface area contributed by atoms with Gasteiger partial charge in [0.1, 0.15) is 0 Å². The summed E-state index contributed by atoms with van der Waals surface area (Å²) in [4.78, 5) is 22.0. The molecule has 2 aromatic rings. The van der Waals surface area contributed by atoms with Crippen molar-refractivity contribution < 1.29 is 30.0 Å². The number of nitrogens with one attached hydrogen (secondary N) is 2. The molecular formula is C24H30N2O6. The van der Waals surface area contributed by atoms with E-state index in [1.54, 1.807) is 19.1 Å². The lowest BCUT2D eigenvalue weighted by Crippen LogP contribution is -2.25. The van der Waals surface area contributed by atoms with Crippen molar-refractivity contribution in [2.45, 2.75) is 19.8 Å². The van der Waals surface area contributed by atoms with Gasteiger partial charge in [-0.3, -0.25) is 9.59 Å². The molecule has 0 aliphatic heterocycles. The van der Waals surface area contributed by atoms with Gasteiger partial charge in [-0.1, -0.05) is 25.3 Å². The predicted molar refractivity (Wildman–Crippen MR) is 123 cm³/mol. The highest BCUT2D eigenvalue weighted by Gasteiger charge is 2.03. The van der Waals surface area contributed by atoms with Gasteiger partial charge < -0.3 is 31.1 Å². The first-order valence-corrected chi connectivity index (χ1v) is 9.95. The van der Waals surface area contributed by atoms with Gasteiger partial charge in [0.25, 0.3) is 0 Å². The lowest BCUT2D eigenvalue weighted by Gasteiger charge is -2.05. The molecule has 32 heavy (non-hydrogen) atoms. The molecule has 8 heteroatoms. The summed E-state index contributed by atoms with van der Waals surface area (Å²) in [5, 5.41) is 42.3. The van der Waals surface area contributed by atoms with Crippen molar-refractivity contribution in [3.63, 3.8) is 0 Å². The van der Waals surface area contributed by atoms with E-state index >= 15 is 0 Å². The van der Waals surface area contributed by atoms with Gasteiger partial charge in [-0.25, -0.2) is 0 Å². The first kappa shape index (κ1) is 26.3. The maximum atomic E-state index is 11.2. The highest BCUT2D eigenvalue weighted by atomic mass is 16.3. The zero-order chi connectivity index (χ0) is 24.1. The van der Waals surface area contributed by atoms with Crippen molar-refractivity contribution in [3.8, 4) is 23.0 Å². The minimum atomic E-state index is -0.178. The molecule has 0 aliphatic rings. The van der Waals surface area contributed by atoms with Crippen LogP contribution in [0.1, 0.15) is 18.1 Å². The second-order valence-electron chi connectivity index (χ2n) is 7.03. The summed E-state index contributed by atoms with van der Waals surface area (Å²) in [5.74, 6) is -0.770. The molecule has 0 saturated carbocycles. The van der Waals surface area contributed by atoms with E-state index in [4.69, 9.17) is 10.2 Å². The van der Waals surface area contributed by atoms with Crippen LogP contribution in [0.15, 0.2) is 61.2 Å². The number of aromatic hydroxyl groups is 4. The van der Waals surface area contributed by atoms with E-state index in [9.17, 15) is 19.8 Å². The molecule has 0 radical (unpaired) electrons. The number of phenols is 4. The number of ketones is 1. The third-order valence-corrected chi connectivity index (χ3v) is 4.28. The standard InChI is InChI=1S/2C12H15NO3/c1-8(2)12(16)13-6-5-9-3-4-10(14)11(15)7-9;1-2-10(14)8-13-6-5-9-3-4-11(15)12(16)7-9/h3-4,7,14-15H,1,5-6H2,2H3,(H,13,16);2-4,7,13,15-16H,1,5-6,8H2. The number of rotatable bonds is 10. The number of hydrogen-bond acceptors (Lipinski definition) is 7. The molecule has 0 heterocycles. The van der Waals surface area contributed by atoms with Crippen molar-refractivity contribution in [3.05, 3.63) is 72.3 Å². The fourth-order valence-corrected chi connectivity index (χ4v) is 2.44. The van der Waals surface area contributed by atoms with E-state index in [0.29, 0.717) is 31.5 Å². The molecule has 0 aliphatic carbocycles. The van der Waals surface area contributed by atoms with Crippen LogP contribution in [0.25, 0.3) is 0 Å². The summed E-state index contributed by atoms with van der Waals surface area (Å²) < 4.78 is 0. The Hall–Kier alpha value is -3.78. The van der Waals surface area contributed by atoms with Crippen LogP contribution in [0.4, 0.5) is 0 Å². The Balaban J connectivity index is 0.000000320. The number of amides is 1. The van der Waals surface area contributed by atoms with Gasteiger partial charge in [-0.05, 0) is 67.8 Å². The summed E-state index contributed by atoms with van der Waals surface area (Å²) >= 11 is 0. The third-order valence-electron chi connectivity index (χ3n) is 4.28. The summed E-state index contributed by atoms with van der Waals surface area (Å²) in [5.41, 5.74) is 2.21. The Morgan fingerprint density at radius 2 is 1.38 bits per heavy atom. The van der Waals surface area contributed by atoms with Gasteiger partial charge in [0, 0.05) is 12.1 Å². The molecule has 8 nitrogen and oxygen atoms in total. The number of benzene rings is 2. The summed E-state index contributed by atoms with van der Waals surface area (Å²) in [6, 6.07) is 9.27. The molecule has 0 fully saturated rings. The molecule has 172 valence electrons. The average molecular weight is 443 g/mol. The lowest BCUT2D eigenvalue weighted by atomic mass is 10.1. The van der Waals surface area contributed by atoms with Crippen LogP contribution in [0.2, 0.25) is 0 Å². The number of hydrogen-bond donors (Lipinski definition) is 6. The third kappa shape index (κ3) is 9.82. The normalized spacial score (nSPS) is 9.91. The fraction of sp³-hybridized carbons (Fsp3) is 0.250. The van der Waals surface area contributed by atoms with E-state index in [-0.39, 0.29) is 41.2 Å². The van der Waals surface area contributed by atoms with Crippen molar-refractivity contribution in [1.29, 1.82) is 0 Å². The van der Waals surface area contributed by atoms with Crippen molar-refractivity contribution in [2.24, 2.45) is 0 Å². The minimum absolute atomic E-state index is 0.0476. The largest absolute Gasteiger partial charge is 0.504 e. The molecule has 2 rings (SSSR count). The van der Waals surface area contributed by atoms with Crippen LogP contribution < -0.4 is 10.6 Å².